The number of fused-ring (bicyclic) bond motifs is 1. The van der Waals surface area contributed by atoms with E-state index in [-0.39, 0.29) is 5.68 Å². The third-order valence-corrected chi connectivity index (χ3v) is 4.47. The zero-order valence-corrected chi connectivity index (χ0v) is 13.5. The van der Waals surface area contributed by atoms with Crippen molar-refractivity contribution in [3.8, 4) is 17.2 Å². The first-order chi connectivity index (χ1) is 12.3. The molecule has 0 bridgehead atoms. The number of hydrogen-bond acceptors (Lipinski definition) is 4. The molecule has 0 fully saturated rings. The van der Waals surface area contributed by atoms with Gasteiger partial charge in [0, 0.05) is 35.3 Å². The number of para-hydroxylation sites is 1. The minimum Gasteiger partial charge on any atom is -0.356 e. The topological polar surface area (TPSA) is 81.6 Å². The molecule has 0 saturated carbocycles. The Balaban J connectivity index is 1.88. The predicted octanol–water partition coefficient (Wildman–Crippen LogP) is 3.66. The molecule has 1 aromatic carbocycles. The largest absolute Gasteiger partial charge is 0.356 e. The normalized spacial score (nSPS) is 13.2. The van der Waals surface area contributed by atoms with Crippen LogP contribution in [0, 0.1) is 11.2 Å². The lowest BCUT2D eigenvalue weighted by Crippen LogP contribution is -2.30. The molecule has 4 rings (SSSR count). The van der Waals surface area contributed by atoms with Crippen molar-refractivity contribution in [2.24, 2.45) is 0 Å². The van der Waals surface area contributed by atoms with Crippen LogP contribution < -0.4 is 5.32 Å². The number of aromatic amines is 1. The molecule has 0 radical (unpaired) electrons. The van der Waals surface area contributed by atoms with Crippen molar-refractivity contribution in [1.29, 1.82) is 5.26 Å². The molecule has 1 aliphatic heterocycles. The molecule has 0 unspecified atom stereocenters. The van der Waals surface area contributed by atoms with Crippen molar-refractivity contribution in [1.82, 2.24) is 9.97 Å². The third kappa shape index (κ3) is 2.70. The Morgan fingerprint density at radius 1 is 1.20 bits per heavy atom. The summed E-state index contributed by atoms with van der Waals surface area (Å²) in [5.74, 6) is 2.13. The third-order valence-electron chi connectivity index (χ3n) is 4.47. The molecule has 0 atom stereocenters. The molecule has 120 valence electrons. The summed E-state index contributed by atoms with van der Waals surface area (Å²) in [6.45, 7) is -0.582. The van der Waals surface area contributed by atoms with Crippen LogP contribution in [0.25, 0.3) is 11.3 Å². The van der Waals surface area contributed by atoms with E-state index in [4.69, 9.17) is 0 Å². The fourth-order valence-corrected chi connectivity index (χ4v) is 3.25. The number of pyridine rings is 1. The molecular formula is C19H15BN4O. The Morgan fingerprint density at radius 3 is 2.76 bits per heavy atom. The van der Waals surface area contributed by atoms with Gasteiger partial charge in [-0.1, -0.05) is 18.2 Å². The van der Waals surface area contributed by atoms with Gasteiger partial charge in [0.05, 0.1) is 16.9 Å². The van der Waals surface area contributed by atoms with Crippen LogP contribution in [-0.4, -0.2) is 22.4 Å². The lowest BCUT2D eigenvalue weighted by Gasteiger charge is -2.15. The number of carbonyl (C=O) groups is 1. The molecule has 3 aromatic rings. The number of hydrogen-bond donors (Lipinski definition) is 2. The summed E-state index contributed by atoms with van der Waals surface area (Å²) in [7, 11) is 0. The molecule has 0 aliphatic carbocycles. The molecule has 2 aromatic heterocycles. The first-order valence-corrected chi connectivity index (χ1v) is 8.19. The number of aromatic nitrogens is 2. The Kier molecular flexibility index (Phi) is 3.83. The number of anilines is 2. The summed E-state index contributed by atoms with van der Waals surface area (Å²) in [5.41, 5.74) is 4.70. The van der Waals surface area contributed by atoms with Crippen LogP contribution in [0.1, 0.15) is 16.1 Å². The fraction of sp³-hybridized carbons (Fsp3) is 0.105. The predicted molar refractivity (Wildman–Crippen MR) is 98.0 cm³/mol. The van der Waals surface area contributed by atoms with Gasteiger partial charge in [0.2, 0.25) is 0 Å². The van der Waals surface area contributed by atoms with E-state index in [1.165, 1.54) is 0 Å². The van der Waals surface area contributed by atoms with Gasteiger partial charge in [-0.25, -0.2) is 5.26 Å². The van der Waals surface area contributed by atoms with E-state index in [1.807, 2.05) is 42.5 Å². The average molecular weight is 326 g/mol. The average Bonchev–Trinajstić information content (AvgIpc) is 3.03. The molecule has 25 heavy (non-hydrogen) atoms. The number of nitrogens with one attached hydrogen (secondary N) is 2. The second-order valence-electron chi connectivity index (χ2n) is 6.05. The summed E-state index contributed by atoms with van der Waals surface area (Å²) in [4.78, 5) is 20.4. The van der Waals surface area contributed by atoms with Gasteiger partial charge >= 0.3 is 6.71 Å². The van der Waals surface area contributed by atoms with Crippen molar-refractivity contribution in [2.75, 3.05) is 5.32 Å². The van der Waals surface area contributed by atoms with Crippen LogP contribution >= 0.6 is 0 Å². The molecule has 0 spiro atoms. The molecule has 0 saturated heterocycles. The van der Waals surface area contributed by atoms with Gasteiger partial charge in [-0.15, -0.1) is 0 Å². The van der Waals surface area contributed by atoms with E-state index in [0.717, 1.165) is 28.3 Å². The van der Waals surface area contributed by atoms with Crippen molar-refractivity contribution in [3.05, 3.63) is 66.1 Å². The zero-order chi connectivity index (χ0) is 17.2. The quantitative estimate of drug-likeness (QED) is 0.720. The van der Waals surface area contributed by atoms with Gasteiger partial charge in [-0.05, 0) is 37.0 Å². The van der Waals surface area contributed by atoms with E-state index in [1.54, 1.807) is 12.4 Å². The van der Waals surface area contributed by atoms with Crippen molar-refractivity contribution >= 4 is 23.8 Å². The van der Waals surface area contributed by atoms with E-state index >= 15 is 0 Å². The van der Waals surface area contributed by atoms with Crippen LogP contribution in [0.2, 0.25) is 6.32 Å². The summed E-state index contributed by atoms with van der Waals surface area (Å²) >= 11 is 0. The number of benzene rings is 1. The number of nitrogens with zero attached hydrogens (tertiary/aromatic N) is 2. The lowest BCUT2D eigenvalue weighted by molar-refractivity contribution is 0.107. The van der Waals surface area contributed by atoms with Crippen molar-refractivity contribution in [2.45, 2.75) is 12.7 Å². The molecular weight excluding hydrogens is 311 g/mol. The highest BCUT2D eigenvalue weighted by molar-refractivity contribution is 6.98. The van der Waals surface area contributed by atoms with Crippen LogP contribution in [0.4, 0.5) is 11.4 Å². The van der Waals surface area contributed by atoms with Crippen molar-refractivity contribution in [3.63, 3.8) is 0 Å². The first kappa shape index (κ1) is 15.2. The second kappa shape index (κ2) is 6.29. The molecule has 1 aliphatic rings. The number of carbonyl (C=O) groups excluding carboxylic acids is 1. The minimum absolute atomic E-state index is 0.117. The molecule has 5 nitrogen and oxygen atoms in total. The van der Waals surface area contributed by atoms with Gasteiger partial charge in [0.1, 0.15) is 5.68 Å². The van der Waals surface area contributed by atoms with Gasteiger partial charge in [0.15, 0.2) is 0 Å². The van der Waals surface area contributed by atoms with E-state index in [2.05, 4.69) is 21.3 Å². The standard InChI is InChI=1S/C19H15BN4O/c21-12-20-9-8-15-16(19(20)25)18(23-14-6-2-1-3-7-14)17(24-15)13-5-4-10-22-11-13/h1-7,10-11,23-24H,8-9H2. The van der Waals surface area contributed by atoms with Crippen molar-refractivity contribution < 1.29 is 4.79 Å². The highest BCUT2D eigenvalue weighted by atomic mass is 16.1. The van der Waals surface area contributed by atoms with E-state index in [0.29, 0.717) is 18.3 Å². The number of rotatable bonds is 3. The summed E-state index contributed by atoms with van der Waals surface area (Å²) in [5, 5.41) is 12.6. The summed E-state index contributed by atoms with van der Waals surface area (Å²) < 4.78 is 0. The molecule has 2 N–H and O–H groups in total. The summed E-state index contributed by atoms with van der Waals surface area (Å²) in [6, 6.07) is 13.5. The van der Waals surface area contributed by atoms with Crippen LogP contribution in [0.15, 0.2) is 54.9 Å². The number of nitriles is 1. The number of aryl methyl sites for hydroxylation is 1. The van der Waals surface area contributed by atoms with E-state index < -0.39 is 6.71 Å². The highest BCUT2D eigenvalue weighted by Gasteiger charge is 2.36. The Bertz CT molecular complexity index is 960. The second-order valence-corrected chi connectivity index (χ2v) is 6.05. The Hall–Kier alpha value is -3.33. The first-order valence-electron chi connectivity index (χ1n) is 8.19. The maximum Gasteiger partial charge on any atom is 0.351 e. The smallest absolute Gasteiger partial charge is 0.351 e. The molecule has 3 heterocycles. The van der Waals surface area contributed by atoms with E-state index in [9.17, 15) is 10.1 Å². The highest BCUT2D eigenvalue weighted by Crippen LogP contribution is 2.38. The van der Waals surface area contributed by atoms with Crippen LogP contribution in [0.3, 0.4) is 0 Å². The van der Waals surface area contributed by atoms with Gasteiger partial charge in [0.25, 0.3) is 0 Å². The van der Waals surface area contributed by atoms with Crippen LogP contribution in [-0.2, 0) is 6.42 Å². The molecule has 6 heteroatoms. The zero-order valence-electron chi connectivity index (χ0n) is 13.5. The Labute approximate surface area is 145 Å². The summed E-state index contributed by atoms with van der Waals surface area (Å²) in [6.07, 6.45) is 4.72. The van der Waals surface area contributed by atoms with Gasteiger partial charge in [-0.3, -0.25) is 4.98 Å². The lowest BCUT2D eigenvalue weighted by atomic mass is 9.41. The molecule has 0 amide bonds. The van der Waals surface area contributed by atoms with Gasteiger partial charge in [-0.2, -0.15) is 0 Å². The SMILES string of the molecule is N#CB1CCc2[nH]c(-c3cccnc3)c(Nc3ccccc3)c2C1=O. The van der Waals surface area contributed by atoms with Gasteiger partial charge < -0.3 is 15.1 Å². The fourth-order valence-electron chi connectivity index (χ4n) is 3.25. The monoisotopic (exact) mass is 326 g/mol. The maximum atomic E-state index is 12.8. The maximum absolute atomic E-state index is 12.8. The van der Waals surface area contributed by atoms with Crippen LogP contribution in [0.5, 0.6) is 0 Å². The number of H-pyrrole nitrogens is 1. The minimum atomic E-state index is -0.582. The Morgan fingerprint density at radius 2 is 2.04 bits per heavy atom.